The van der Waals surface area contributed by atoms with Gasteiger partial charge in [-0.3, -0.25) is 4.57 Å². The van der Waals surface area contributed by atoms with Gasteiger partial charge in [0.1, 0.15) is 17.6 Å². The molecule has 3 rings (SSSR count). The Morgan fingerprint density at radius 1 is 1.53 bits per heavy atom. The van der Waals surface area contributed by atoms with Crippen LogP contribution < -0.4 is 10.1 Å². The first kappa shape index (κ1) is 12.0. The number of methoxy groups -OCH3 is 1. The lowest BCUT2D eigenvalue weighted by Crippen LogP contribution is -2.29. The molecule has 0 bridgehead atoms. The third kappa shape index (κ3) is 2.41. The second kappa shape index (κ2) is 4.91. The molecular weight excluding hydrogens is 242 g/mol. The minimum atomic E-state index is -0.128. The van der Waals surface area contributed by atoms with E-state index in [2.05, 4.69) is 10.3 Å². The number of aromatic nitrogens is 2. The summed E-state index contributed by atoms with van der Waals surface area (Å²) in [6.07, 6.45) is 5.23. The second-order valence-corrected chi connectivity index (χ2v) is 4.91. The topological polar surface area (TPSA) is 56.2 Å². The van der Waals surface area contributed by atoms with E-state index in [9.17, 15) is 4.79 Å². The molecule has 1 aliphatic rings. The van der Waals surface area contributed by atoms with Crippen molar-refractivity contribution in [3.8, 4) is 5.75 Å². The Balaban J connectivity index is 1.77. The van der Waals surface area contributed by atoms with E-state index >= 15 is 0 Å². The van der Waals surface area contributed by atoms with Crippen LogP contribution in [0.5, 0.6) is 5.75 Å². The van der Waals surface area contributed by atoms with Gasteiger partial charge in [0.25, 0.3) is 0 Å². The molecular formula is C14H17N3O2. The smallest absolute Gasteiger partial charge is 0.327 e. The number of hydrogen-bond acceptors (Lipinski definition) is 3. The monoisotopic (exact) mass is 259 g/mol. The van der Waals surface area contributed by atoms with Gasteiger partial charge in [0, 0.05) is 6.54 Å². The molecule has 1 fully saturated rings. The first-order valence-corrected chi connectivity index (χ1v) is 6.58. The Bertz CT molecular complexity index is 602. The average Bonchev–Trinajstić information content (AvgIpc) is 3.15. The van der Waals surface area contributed by atoms with Gasteiger partial charge in [0.2, 0.25) is 0 Å². The van der Waals surface area contributed by atoms with Crippen molar-refractivity contribution in [2.24, 2.45) is 5.92 Å². The fourth-order valence-corrected chi connectivity index (χ4v) is 2.21. The molecule has 1 aromatic heterocycles. The molecule has 1 heterocycles. The molecule has 0 atom stereocenters. The number of hydrogen-bond donors (Lipinski definition) is 1. The lowest BCUT2D eigenvalue weighted by molar-refractivity contribution is 0.243. The number of ether oxygens (including phenoxy) is 1. The molecule has 5 heteroatoms. The number of benzene rings is 1. The van der Waals surface area contributed by atoms with E-state index < -0.39 is 0 Å². The number of rotatable bonds is 4. The van der Waals surface area contributed by atoms with Crippen molar-refractivity contribution in [3.05, 3.63) is 24.5 Å². The second-order valence-electron chi connectivity index (χ2n) is 4.91. The van der Waals surface area contributed by atoms with Crippen LogP contribution in [0.15, 0.2) is 24.5 Å². The van der Waals surface area contributed by atoms with Gasteiger partial charge in [0.15, 0.2) is 0 Å². The number of para-hydroxylation sites is 1. The maximum atomic E-state index is 12.1. The van der Waals surface area contributed by atoms with Gasteiger partial charge in [-0.1, -0.05) is 18.9 Å². The summed E-state index contributed by atoms with van der Waals surface area (Å²) in [5.74, 6) is 1.50. The molecule has 0 saturated heterocycles. The van der Waals surface area contributed by atoms with Crippen LogP contribution >= 0.6 is 0 Å². The van der Waals surface area contributed by atoms with Crippen LogP contribution in [0.2, 0.25) is 0 Å². The van der Waals surface area contributed by atoms with Gasteiger partial charge < -0.3 is 10.1 Å². The number of fused-ring (bicyclic) bond motifs is 1. The van der Waals surface area contributed by atoms with Crippen molar-refractivity contribution in [3.63, 3.8) is 0 Å². The zero-order valence-electron chi connectivity index (χ0n) is 10.9. The Labute approximate surface area is 111 Å². The third-order valence-electron chi connectivity index (χ3n) is 3.50. The van der Waals surface area contributed by atoms with Crippen LogP contribution in [0.1, 0.15) is 19.3 Å². The van der Waals surface area contributed by atoms with Crippen molar-refractivity contribution in [2.45, 2.75) is 19.3 Å². The van der Waals surface area contributed by atoms with Gasteiger partial charge in [-0.2, -0.15) is 0 Å². The highest BCUT2D eigenvalue weighted by molar-refractivity contribution is 5.91. The number of carbonyl (C=O) groups excluding carboxylic acids is 1. The van der Waals surface area contributed by atoms with Crippen LogP contribution in [-0.2, 0) is 0 Å². The minimum absolute atomic E-state index is 0.128. The largest absolute Gasteiger partial charge is 0.494 e. The van der Waals surface area contributed by atoms with Crippen molar-refractivity contribution in [2.75, 3.05) is 13.7 Å². The van der Waals surface area contributed by atoms with Gasteiger partial charge in [-0.25, -0.2) is 9.78 Å². The Morgan fingerprint density at radius 3 is 3.11 bits per heavy atom. The van der Waals surface area contributed by atoms with Crippen LogP contribution in [0.25, 0.3) is 11.0 Å². The molecule has 5 nitrogen and oxygen atoms in total. The minimum Gasteiger partial charge on any atom is -0.494 e. The highest BCUT2D eigenvalue weighted by Gasteiger charge is 2.21. The van der Waals surface area contributed by atoms with E-state index in [1.54, 1.807) is 13.4 Å². The van der Waals surface area contributed by atoms with E-state index in [1.807, 2.05) is 18.2 Å². The van der Waals surface area contributed by atoms with Gasteiger partial charge in [-0.15, -0.1) is 0 Å². The Hall–Kier alpha value is -2.04. The zero-order chi connectivity index (χ0) is 13.2. The standard InChI is InChI=1S/C14H17N3O2/c1-19-12-4-2-3-11-13(12)16-9-17(11)14(18)15-8-7-10-5-6-10/h2-4,9-10H,5-8H2,1H3,(H,15,18). The van der Waals surface area contributed by atoms with Crippen LogP contribution in [0, 0.1) is 5.92 Å². The van der Waals surface area contributed by atoms with Crippen molar-refractivity contribution >= 4 is 17.1 Å². The number of nitrogens with zero attached hydrogens (tertiary/aromatic N) is 2. The lowest BCUT2D eigenvalue weighted by Gasteiger charge is -2.06. The summed E-state index contributed by atoms with van der Waals surface area (Å²) in [5.41, 5.74) is 1.48. The van der Waals surface area contributed by atoms with Crippen LogP contribution in [0.4, 0.5) is 4.79 Å². The highest BCUT2D eigenvalue weighted by atomic mass is 16.5. The Kier molecular flexibility index (Phi) is 3.11. The first-order chi connectivity index (χ1) is 9.29. The third-order valence-corrected chi connectivity index (χ3v) is 3.50. The molecule has 2 aromatic rings. The number of amides is 1. The summed E-state index contributed by atoms with van der Waals surface area (Å²) in [4.78, 5) is 16.3. The van der Waals surface area contributed by atoms with Crippen molar-refractivity contribution in [1.29, 1.82) is 0 Å². The summed E-state index contributed by atoms with van der Waals surface area (Å²) in [7, 11) is 1.60. The summed E-state index contributed by atoms with van der Waals surface area (Å²) < 4.78 is 6.77. The van der Waals surface area contributed by atoms with Crippen LogP contribution in [-0.4, -0.2) is 29.2 Å². The molecule has 1 aromatic carbocycles. The van der Waals surface area contributed by atoms with Crippen molar-refractivity contribution in [1.82, 2.24) is 14.9 Å². The first-order valence-electron chi connectivity index (χ1n) is 6.58. The van der Waals surface area contributed by atoms with Crippen LogP contribution in [0.3, 0.4) is 0 Å². The van der Waals surface area contributed by atoms with Gasteiger partial charge in [0.05, 0.1) is 12.6 Å². The zero-order valence-corrected chi connectivity index (χ0v) is 10.9. The van der Waals surface area contributed by atoms with Gasteiger partial charge in [-0.05, 0) is 24.5 Å². The average molecular weight is 259 g/mol. The molecule has 0 spiro atoms. The van der Waals surface area contributed by atoms with E-state index in [0.29, 0.717) is 11.3 Å². The predicted molar refractivity (Wildman–Crippen MR) is 72.4 cm³/mol. The number of imidazole rings is 1. The fraction of sp³-hybridized carbons (Fsp3) is 0.429. The molecule has 0 aliphatic heterocycles. The Morgan fingerprint density at radius 2 is 2.37 bits per heavy atom. The fourth-order valence-electron chi connectivity index (χ4n) is 2.21. The molecule has 100 valence electrons. The van der Waals surface area contributed by atoms with E-state index in [0.717, 1.165) is 24.4 Å². The van der Waals surface area contributed by atoms with Gasteiger partial charge >= 0.3 is 6.03 Å². The normalized spacial score (nSPS) is 14.6. The molecule has 1 amide bonds. The summed E-state index contributed by atoms with van der Waals surface area (Å²) >= 11 is 0. The number of carbonyl (C=O) groups is 1. The summed E-state index contributed by atoms with van der Waals surface area (Å²) in [6.45, 7) is 0.729. The highest BCUT2D eigenvalue weighted by Crippen LogP contribution is 2.31. The maximum Gasteiger partial charge on any atom is 0.327 e. The lowest BCUT2D eigenvalue weighted by atomic mass is 10.3. The van der Waals surface area contributed by atoms with E-state index in [-0.39, 0.29) is 6.03 Å². The molecule has 1 aliphatic carbocycles. The van der Waals surface area contributed by atoms with Crippen molar-refractivity contribution < 1.29 is 9.53 Å². The SMILES string of the molecule is COc1cccc2c1ncn2C(=O)NCCC1CC1. The quantitative estimate of drug-likeness (QED) is 0.917. The van der Waals surface area contributed by atoms with E-state index in [4.69, 9.17) is 4.74 Å². The number of nitrogens with one attached hydrogen (secondary N) is 1. The molecule has 0 unspecified atom stereocenters. The summed E-state index contributed by atoms with van der Waals surface area (Å²) in [5, 5.41) is 2.93. The maximum absolute atomic E-state index is 12.1. The van der Waals surface area contributed by atoms with E-state index in [1.165, 1.54) is 17.4 Å². The molecule has 1 saturated carbocycles. The molecule has 0 radical (unpaired) electrons. The molecule has 19 heavy (non-hydrogen) atoms. The molecule has 1 N–H and O–H groups in total. The summed E-state index contributed by atoms with van der Waals surface area (Å²) in [6, 6.07) is 5.43. The predicted octanol–water partition coefficient (Wildman–Crippen LogP) is 2.40.